The van der Waals surface area contributed by atoms with Gasteiger partial charge in [0.15, 0.2) is 0 Å². The van der Waals surface area contributed by atoms with Crippen LogP contribution in [0.5, 0.6) is 0 Å². The third kappa shape index (κ3) is 2.72. The van der Waals surface area contributed by atoms with Crippen molar-refractivity contribution in [1.82, 2.24) is 4.90 Å². The van der Waals surface area contributed by atoms with Gasteiger partial charge in [0.2, 0.25) is 0 Å². The summed E-state index contributed by atoms with van der Waals surface area (Å²) in [4.78, 5) is 14.2. The largest absolute Gasteiger partial charge is 0.398 e. The first kappa shape index (κ1) is 12.2. The zero-order chi connectivity index (χ0) is 12.4. The van der Waals surface area contributed by atoms with Gasteiger partial charge in [-0.1, -0.05) is 18.5 Å². The molecule has 17 heavy (non-hydrogen) atoms. The number of anilines is 1. The number of nitrogens with zero attached hydrogens (tertiary/aromatic N) is 1. The number of nitrogen functional groups attached to an aromatic ring is 1. The molecule has 0 aliphatic carbocycles. The summed E-state index contributed by atoms with van der Waals surface area (Å²) in [7, 11) is 0. The van der Waals surface area contributed by atoms with Crippen LogP contribution in [0.15, 0.2) is 18.2 Å². The predicted octanol–water partition coefficient (Wildman–Crippen LogP) is 2.79. The van der Waals surface area contributed by atoms with Crippen molar-refractivity contribution in [1.29, 1.82) is 0 Å². The normalized spacial score (nSPS) is 20.4. The lowest BCUT2D eigenvalue weighted by molar-refractivity contribution is 0.0684. The Labute approximate surface area is 107 Å². The number of likely N-dealkylation sites (tertiary alicyclic amines) is 1. The molecule has 1 atom stereocenters. The fraction of sp³-hybridized carbons (Fsp3) is 0.462. The van der Waals surface area contributed by atoms with Gasteiger partial charge in [-0.3, -0.25) is 4.79 Å². The highest BCUT2D eigenvalue weighted by Gasteiger charge is 2.23. The minimum absolute atomic E-state index is 0.00319. The molecule has 1 aliphatic heterocycles. The second-order valence-electron chi connectivity index (χ2n) is 4.73. The number of carbonyl (C=O) groups excluding carboxylic acids is 1. The maximum Gasteiger partial charge on any atom is 0.256 e. The summed E-state index contributed by atoms with van der Waals surface area (Å²) in [6.45, 7) is 3.79. The Morgan fingerprint density at radius 2 is 2.29 bits per heavy atom. The molecule has 1 aromatic rings. The van der Waals surface area contributed by atoms with Gasteiger partial charge in [-0.2, -0.15) is 0 Å². The van der Waals surface area contributed by atoms with Gasteiger partial charge in [0, 0.05) is 23.8 Å². The van der Waals surface area contributed by atoms with Crippen molar-refractivity contribution < 1.29 is 4.79 Å². The van der Waals surface area contributed by atoms with Gasteiger partial charge < -0.3 is 10.6 Å². The smallest absolute Gasteiger partial charge is 0.256 e. The molecule has 0 saturated carbocycles. The summed E-state index contributed by atoms with van der Waals surface area (Å²) in [5, 5.41) is 0.549. The third-order valence-electron chi connectivity index (χ3n) is 3.19. The highest BCUT2D eigenvalue weighted by molar-refractivity contribution is 6.31. The Morgan fingerprint density at radius 3 is 3.00 bits per heavy atom. The van der Waals surface area contributed by atoms with Crippen molar-refractivity contribution in [3.05, 3.63) is 28.8 Å². The molecular weight excluding hydrogens is 236 g/mol. The number of hydrogen-bond acceptors (Lipinski definition) is 2. The average molecular weight is 253 g/mol. The first-order chi connectivity index (χ1) is 8.08. The maximum atomic E-state index is 12.3. The zero-order valence-electron chi connectivity index (χ0n) is 9.95. The lowest BCUT2D eigenvalue weighted by atomic mass is 9.99. The SMILES string of the molecule is C[C@H]1CCCN(C(=O)c2cc(Cl)ccc2N)C1. The Bertz CT molecular complexity index is 433. The molecule has 0 aromatic heterocycles. The van der Waals surface area contributed by atoms with Crippen LogP contribution in [0.3, 0.4) is 0 Å². The second kappa shape index (κ2) is 4.96. The topological polar surface area (TPSA) is 46.3 Å². The molecule has 0 radical (unpaired) electrons. The van der Waals surface area contributed by atoms with Gasteiger partial charge in [0.05, 0.1) is 5.56 Å². The summed E-state index contributed by atoms with van der Waals surface area (Å²) < 4.78 is 0. The highest BCUT2D eigenvalue weighted by Crippen LogP contribution is 2.23. The Hall–Kier alpha value is -1.22. The van der Waals surface area contributed by atoms with Gasteiger partial charge in [-0.05, 0) is 37.0 Å². The number of rotatable bonds is 1. The molecule has 1 amide bonds. The number of benzene rings is 1. The molecule has 0 unspecified atom stereocenters. The van der Waals surface area contributed by atoms with Crippen molar-refractivity contribution in [2.45, 2.75) is 19.8 Å². The second-order valence-corrected chi connectivity index (χ2v) is 5.17. The van der Waals surface area contributed by atoms with Crippen LogP contribution < -0.4 is 5.73 Å². The van der Waals surface area contributed by atoms with Gasteiger partial charge in [-0.15, -0.1) is 0 Å². The van der Waals surface area contributed by atoms with Crippen LogP contribution in [0, 0.1) is 5.92 Å². The Morgan fingerprint density at radius 1 is 1.53 bits per heavy atom. The molecule has 0 bridgehead atoms. The third-order valence-corrected chi connectivity index (χ3v) is 3.43. The highest BCUT2D eigenvalue weighted by atomic mass is 35.5. The van der Waals surface area contributed by atoms with E-state index in [-0.39, 0.29) is 5.91 Å². The summed E-state index contributed by atoms with van der Waals surface area (Å²) in [5.41, 5.74) is 6.84. The summed E-state index contributed by atoms with van der Waals surface area (Å²) in [6.07, 6.45) is 2.25. The lowest BCUT2D eigenvalue weighted by Gasteiger charge is -2.31. The maximum absolute atomic E-state index is 12.3. The van der Waals surface area contributed by atoms with Crippen LogP contribution in [0.25, 0.3) is 0 Å². The van der Waals surface area contributed by atoms with E-state index in [9.17, 15) is 4.79 Å². The molecule has 1 aliphatic rings. The molecule has 0 spiro atoms. The minimum atomic E-state index is -0.00319. The lowest BCUT2D eigenvalue weighted by Crippen LogP contribution is -2.39. The van der Waals surface area contributed by atoms with Crippen LogP contribution in [0.1, 0.15) is 30.1 Å². The van der Waals surface area contributed by atoms with Crippen LogP contribution in [-0.4, -0.2) is 23.9 Å². The number of nitrogens with two attached hydrogens (primary N) is 1. The van der Waals surface area contributed by atoms with E-state index >= 15 is 0 Å². The molecule has 4 heteroatoms. The fourth-order valence-corrected chi connectivity index (χ4v) is 2.43. The van der Waals surface area contributed by atoms with Gasteiger partial charge in [-0.25, -0.2) is 0 Å². The van der Waals surface area contributed by atoms with Crippen molar-refractivity contribution in [2.75, 3.05) is 18.8 Å². The standard InChI is InChI=1S/C13H17ClN2O/c1-9-3-2-6-16(8-9)13(17)11-7-10(14)4-5-12(11)15/h4-5,7,9H,2-3,6,8,15H2,1H3/t9-/m0/s1. The molecule has 3 nitrogen and oxygen atoms in total. The van der Waals surface area contributed by atoms with E-state index in [0.29, 0.717) is 22.2 Å². The van der Waals surface area contributed by atoms with Crippen molar-refractivity contribution in [2.24, 2.45) is 5.92 Å². The molecule has 1 saturated heterocycles. The van der Waals surface area contributed by atoms with E-state index in [1.54, 1.807) is 18.2 Å². The van der Waals surface area contributed by atoms with Gasteiger partial charge in [0.1, 0.15) is 0 Å². The zero-order valence-corrected chi connectivity index (χ0v) is 10.7. The first-order valence-corrected chi connectivity index (χ1v) is 6.30. The first-order valence-electron chi connectivity index (χ1n) is 5.92. The Balaban J connectivity index is 2.21. The summed E-state index contributed by atoms with van der Waals surface area (Å²) in [5.74, 6) is 0.560. The monoisotopic (exact) mass is 252 g/mol. The van der Waals surface area contributed by atoms with Gasteiger partial charge in [0.25, 0.3) is 5.91 Å². The van der Waals surface area contributed by atoms with Crippen LogP contribution >= 0.6 is 11.6 Å². The van der Waals surface area contributed by atoms with Crippen LogP contribution in [0.2, 0.25) is 5.02 Å². The van der Waals surface area contributed by atoms with Crippen molar-refractivity contribution >= 4 is 23.2 Å². The van der Waals surface area contributed by atoms with Crippen molar-refractivity contribution in [3.8, 4) is 0 Å². The van der Waals surface area contributed by atoms with Crippen LogP contribution in [-0.2, 0) is 0 Å². The van der Waals surface area contributed by atoms with E-state index in [4.69, 9.17) is 17.3 Å². The van der Waals surface area contributed by atoms with E-state index in [1.165, 1.54) is 6.42 Å². The summed E-state index contributed by atoms with van der Waals surface area (Å²) >= 11 is 5.90. The molecule has 1 aromatic carbocycles. The number of piperidine rings is 1. The molecular formula is C13H17ClN2O. The van der Waals surface area contributed by atoms with Gasteiger partial charge >= 0.3 is 0 Å². The van der Waals surface area contributed by atoms with E-state index in [0.717, 1.165) is 19.5 Å². The number of amides is 1. The molecule has 1 heterocycles. The van der Waals surface area contributed by atoms with E-state index in [2.05, 4.69) is 6.92 Å². The van der Waals surface area contributed by atoms with Crippen molar-refractivity contribution in [3.63, 3.8) is 0 Å². The Kier molecular flexibility index (Phi) is 3.57. The molecule has 2 rings (SSSR count). The molecule has 1 fully saturated rings. The summed E-state index contributed by atoms with van der Waals surface area (Å²) in [6, 6.07) is 5.04. The quantitative estimate of drug-likeness (QED) is 0.782. The number of carbonyl (C=O) groups is 1. The molecule has 92 valence electrons. The molecule has 2 N–H and O–H groups in total. The average Bonchev–Trinajstić information content (AvgIpc) is 2.31. The fourth-order valence-electron chi connectivity index (χ4n) is 2.26. The predicted molar refractivity (Wildman–Crippen MR) is 70.2 cm³/mol. The van der Waals surface area contributed by atoms with Crippen LogP contribution in [0.4, 0.5) is 5.69 Å². The minimum Gasteiger partial charge on any atom is -0.398 e. The number of hydrogen-bond donors (Lipinski definition) is 1. The van der Waals surface area contributed by atoms with E-state index < -0.39 is 0 Å². The van der Waals surface area contributed by atoms with E-state index in [1.807, 2.05) is 4.90 Å². The number of halogens is 1.